The number of amides is 2. The highest BCUT2D eigenvalue weighted by Gasteiger charge is 2.29. The minimum absolute atomic E-state index is 0.00283. The predicted octanol–water partition coefficient (Wildman–Crippen LogP) is 2.42. The van der Waals surface area contributed by atoms with Crippen LogP contribution in [0, 0.1) is 11.8 Å². The fourth-order valence-electron chi connectivity index (χ4n) is 4.01. The summed E-state index contributed by atoms with van der Waals surface area (Å²) < 4.78 is 0. The summed E-state index contributed by atoms with van der Waals surface area (Å²) in [5, 5.41) is 10.5. The van der Waals surface area contributed by atoms with Crippen LogP contribution in [0.5, 0.6) is 0 Å². The van der Waals surface area contributed by atoms with Crippen LogP contribution in [0.4, 0.5) is 0 Å². The van der Waals surface area contributed by atoms with Crippen molar-refractivity contribution in [1.29, 1.82) is 0 Å². The van der Waals surface area contributed by atoms with Gasteiger partial charge in [0.15, 0.2) is 0 Å². The molecule has 2 aliphatic rings. The van der Waals surface area contributed by atoms with E-state index in [9.17, 15) is 14.7 Å². The van der Waals surface area contributed by atoms with E-state index in [0.717, 1.165) is 45.2 Å². The molecule has 2 fully saturated rings. The molecule has 0 aliphatic carbocycles. The molecule has 2 aliphatic heterocycles. The summed E-state index contributed by atoms with van der Waals surface area (Å²) in [5.74, 6) is 0.674. The maximum absolute atomic E-state index is 12.7. The van der Waals surface area contributed by atoms with Gasteiger partial charge in [-0.1, -0.05) is 6.92 Å². The van der Waals surface area contributed by atoms with E-state index in [1.54, 1.807) is 4.90 Å². The smallest absolute Gasteiger partial charge is 0.225 e. The number of carbonyl (C=O) groups excluding carboxylic acids is 2. The molecular weight excluding hydrogens is 304 g/mol. The lowest BCUT2D eigenvalue weighted by Crippen LogP contribution is -2.43. The van der Waals surface area contributed by atoms with Gasteiger partial charge in [-0.3, -0.25) is 9.59 Å². The number of carbonyl (C=O) groups is 2. The molecule has 2 rings (SSSR count). The predicted molar refractivity (Wildman–Crippen MR) is 94.4 cm³/mol. The average molecular weight is 338 g/mol. The summed E-state index contributed by atoms with van der Waals surface area (Å²) in [6.07, 6.45) is 6.49. The summed E-state index contributed by atoms with van der Waals surface area (Å²) in [7, 11) is 1.85. The van der Waals surface area contributed by atoms with E-state index >= 15 is 0 Å². The average Bonchev–Trinajstić information content (AvgIpc) is 2.53. The van der Waals surface area contributed by atoms with Gasteiger partial charge in [0, 0.05) is 39.0 Å². The van der Waals surface area contributed by atoms with Crippen molar-refractivity contribution in [1.82, 2.24) is 9.80 Å². The van der Waals surface area contributed by atoms with Crippen LogP contribution in [0.3, 0.4) is 0 Å². The third-order valence-electron chi connectivity index (χ3n) is 5.70. The summed E-state index contributed by atoms with van der Waals surface area (Å²) in [6, 6.07) is 0. The van der Waals surface area contributed by atoms with Crippen LogP contribution in [0.2, 0.25) is 0 Å². The van der Waals surface area contributed by atoms with Crippen molar-refractivity contribution >= 4 is 11.8 Å². The highest BCUT2D eigenvalue weighted by molar-refractivity contribution is 5.79. The lowest BCUT2D eigenvalue weighted by Gasteiger charge is -2.34. The monoisotopic (exact) mass is 338 g/mol. The molecule has 1 N–H and O–H groups in total. The maximum Gasteiger partial charge on any atom is 0.225 e. The Kier molecular flexibility index (Phi) is 6.67. The van der Waals surface area contributed by atoms with E-state index in [4.69, 9.17) is 0 Å². The lowest BCUT2D eigenvalue weighted by atomic mass is 9.90. The zero-order valence-electron chi connectivity index (χ0n) is 15.6. The van der Waals surface area contributed by atoms with Crippen molar-refractivity contribution < 1.29 is 14.7 Å². The molecule has 0 aromatic carbocycles. The number of aliphatic hydroxyl groups is 1. The Morgan fingerprint density at radius 1 is 1.08 bits per heavy atom. The SMILES string of the molecule is CC1CCC[C@](C)(O)CCCN(C)C(=O)CC2CCCN(C2)C1=O. The van der Waals surface area contributed by atoms with Crippen molar-refractivity contribution in [2.75, 3.05) is 26.7 Å². The van der Waals surface area contributed by atoms with Crippen molar-refractivity contribution in [3.63, 3.8) is 0 Å². The van der Waals surface area contributed by atoms with Gasteiger partial charge in [-0.15, -0.1) is 0 Å². The molecule has 5 nitrogen and oxygen atoms in total. The lowest BCUT2D eigenvalue weighted by molar-refractivity contribution is -0.139. The van der Waals surface area contributed by atoms with E-state index in [-0.39, 0.29) is 23.7 Å². The number of fused-ring (bicyclic) bond motifs is 2. The standard InChI is InChI=1S/C19H34N2O3/c1-15-7-4-9-19(2,24)10-6-11-20(3)17(22)13-16-8-5-12-21(14-16)18(15)23/h15-16,24H,4-14H2,1-3H3/t15?,16?,19-/m0/s1. The Morgan fingerprint density at radius 2 is 1.79 bits per heavy atom. The van der Waals surface area contributed by atoms with Gasteiger partial charge in [-0.25, -0.2) is 0 Å². The summed E-state index contributed by atoms with van der Waals surface area (Å²) >= 11 is 0. The fourth-order valence-corrected chi connectivity index (χ4v) is 4.01. The molecule has 2 bridgehead atoms. The number of hydrogen-bond acceptors (Lipinski definition) is 3. The van der Waals surface area contributed by atoms with Crippen molar-refractivity contribution in [3.8, 4) is 0 Å². The molecule has 2 saturated heterocycles. The van der Waals surface area contributed by atoms with E-state index in [0.29, 0.717) is 25.8 Å². The quantitative estimate of drug-likeness (QED) is 0.738. The van der Waals surface area contributed by atoms with Crippen LogP contribution >= 0.6 is 0 Å². The first-order valence-corrected chi connectivity index (χ1v) is 9.53. The molecule has 0 aromatic heterocycles. The Bertz CT molecular complexity index is 450. The minimum atomic E-state index is -0.705. The second-order valence-corrected chi connectivity index (χ2v) is 8.21. The van der Waals surface area contributed by atoms with Crippen LogP contribution in [0.15, 0.2) is 0 Å². The Hall–Kier alpha value is -1.10. The molecule has 2 unspecified atom stereocenters. The van der Waals surface area contributed by atoms with Gasteiger partial charge in [-0.05, 0) is 57.8 Å². The highest BCUT2D eigenvalue weighted by atomic mass is 16.3. The van der Waals surface area contributed by atoms with Gasteiger partial charge in [0.2, 0.25) is 11.8 Å². The number of rotatable bonds is 0. The summed E-state index contributed by atoms with van der Waals surface area (Å²) in [5.41, 5.74) is -0.705. The molecule has 2 heterocycles. The molecule has 138 valence electrons. The molecule has 5 heteroatoms. The normalized spacial score (nSPS) is 34.7. The Balaban J connectivity index is 2.07. The zero-order valence-corrected chi connectivity index (χ0v) is 15.6. The summed E-state index contributed by atoms with van der Waals surface area (Å²) in [4.78, 5) is 28.8. The first-order chi connectivity index (χ1) is 11.3. The number of piperidine rings is 1. The maximum atomic E-state index is 12.7. The van der Waals surface area contributed by atoms with Gasteiger partial charge < -0.3 is 14.9 Å². The number of hydrogen-bond donors (Lipinski definition) is 1. The van der Waals surface area contributed by atoms with Crippen molar-refractivity contribution in [2.24, 2.45) is 11.8 Å². The zero-order chi connectivity index (χ0) is 17.7. The molecule has 0 spiro atoms. The first kappa shape index (κ1) is 19.2. The molecule has 0 saturated carbocycles. The van der Waals surface area contributed by atoms with Crippen LogP contribution in [0.1, 0.15) is 65.2 Å². The van der Waals surface area contributed by atoms with E-state index in [2.05, 4.69) is 0 Å². The third-order valence-corrected chi connectivity index (χ3v) is 5.70. The van der Waals surface area contributed by atoms with Crippen molar-refractivity contribution in [3.05, 3.63) is 0 Å². The fraction of sp³-hybridized carbons (Fsp3) is 0.895. The molecule has 0 aromatic rings. The minimum Gasteiger partial charge on any atom is -0.390 e. The molecule has 2 amide bonds. The van der Waals surface area contributed by atoms with Gasteiger partial charge in [0.1, 0.15) is 0 Å². The molecular formula is C19H34N2O3. The largest absolute Gasteiger partial charge is 0.390 e. The van der Waals surface area contributed by atoms with Crippen LogP contribution in [-0.4, -0.2) is 59.0 Å². The van der Waals surface area contributed by atoms with Crippen LogP contribution < -0.4 is 0 Å². The van der Waals surface area contributed by atoms with E-state index in [1.807, 2.05) is 25.8 Å². The van der Waals surface area contributed by atoms with Gasteiger partial charge >= 0.3 is 0 Å². The van der Waals surface area contributed by atoms with Gasteiger partial charge in [-0.2, -0.15) is 0 Å². The molecule has 3 atom stereocenters. The highest BCUT2D eigenvalue weighted by Crippen LogP contribution is 2.26. The second kappa shape index (κ2) is 8.32. The van der Waals surface area contributed by atoms with Crippen LogP contribution in [-0.2, 0) is 9.59 Å². The molecule has 24 heavy (non-hydrogen) atoms. The first-order valence-electron chi connectivity index (χ1n) is 9.53. The van der Waals surface area contributed by atoms with E-state index < -0.39 is 5.60 Å². The second-order valence-electron chi connectivity index (χ2n) is 8.21. The Labute approximate surface area is 146 Å². The van der Waals surface area contributed by atoms with Crippen molar-refractivity contribution in [2.45, 2.75) is 70.8 Å². The van der Waals surface area contributed by atoms with Gasteiger partial charge in [0.05, 0.1) is 5.60 Å². The van der Waals surface area contributed by atoms with Gasteiger partial charge in [0.25, 0.3) is 0 Å². The molecule has 0 radical (unpaired) electrons. The van der Waals surface area contributed by atoms with E-state index in [1.165, 1.54) is 0 Å². The summed E-state index contributed by atoms with van der Waals surface area (Å²) in [6.45, 7) is 6.11. The third kappa shape index (κ3) is 5.47. The topological polar surface area (TPSA) is 60.9 Å². The van der Waals surface area contributed by atoms with Crippen LogP contribution in [0.25, 0.3) is 0 Å². The Morgan fingerprint density at radius 3 is 2.54 bits per heavy atom. The number of nitrogens with zero attached hydrogens (tertiary/aromatic N) is 2.